The third kappa shape index (κ3) is 3.33. The molecule has 1 aliphatic carbocycles. The van der Waals surface area contributed by atoms with Gasteiger partial charge in [0.25, 0.3) is 0 Å². The van der Waals surface area contributed by atoms with Crippen LogP contribution in [0.3, 0.4) is 0 Å². The van der Waals surface area contributed by atoms with E-state index in [9.17, 15) is 4.79 Å². The second kappa shape index (κ2) is 5.85. The van der Waals surface area contributed by atoms with Crippen LogP contribution >= 0.6 is 15.9 Å². The summed E-state index contributed by atoms with van der Waals surface area (Å²) < 4.78 is 1.05. The molecule has 98 valence electrons. The lowest BCUT2D eigenvalue weighted by Gasteiger charge is -2.21. The molecule has 0 spiro atoms. The second-order valence-corrected chi connectivity index (χ2v) is 6.01. The number of halogens is 1. The van der Waals surface area contributed by atoms with Crippen LogP contribution in [0.15, 0.2) is 28.7 Å². The fourth-order valence-corrected chi connectivity index (χ4v) is 2.99. The Labute approximate surface area is 116 Å². The average Bonchev–Trinajstić information content (AvgIpc) is 2.75. The minimum Gasteiger partial charge on any atom is -0.341 e. The predicted octanol–water partition coefficient (Wildman–Crippen LogP) is 2.53. The Morgan fingerprint density at radius 1 is 1.50 bits per heavy atom. The third-order valence-electron chi connectivity index (χ3n) is 3.51. The van der Waals surface area contributed by atoms with Crippen molar-refractivity contribution in [2.45, 2.75) is 31.8 Å². The molecule has 1 aromatic rings. The highest BCUT2D eigenvalue weighted by molar-refractivity contribution is 9.10. The van der Waals surface area contributed by atoms with Gasteiger partial charge in [0.1, 0.15) is 0 Å². The number of rotatable bonds is 3. The van der Waals surface area contributed by atoms with E-state index in [1.165, 1.54) is 0 Å². The molecule has 0 aliphatic heterocycles. The number of nitrogens with two attached hydrogens (primary N) is 1. The van der Waals surface area contributed by atoms with Crippen molar-refractivity contribution in [3.05, 3.63) is 34.3 Å². The van der Waals surface area contributed by atoms with E-state index in [0.717, 1.165) is 29.3 Å². The van der Waals surface area contributed by atoms with Crippen LogP contribution in [0, 0.1) is 5.92 Å². The topological polar surface area (TPSA) is 46.3 Å². The molecule has 2 rings (SSSR count). The van der Waals surface area contributed by atoms with E-state index >= 15 is 0 Å². The van der Waals surface area contributed by atoms with E-state index in [1.807, 2.05) is 36.2 Å². The molecule has 0 radical (unpaired) electrons. The highest BCUT2D eigenvalue weighted by Crippen LogP contribution is 2.26. The summed E-state index contributed by atoms with van der Waals surface area (Å²) in [6.07, 6.45) is 2.74. The molecule has 0 saturated heterocycles. The summed E-state index contributed by atoms with van der Waals surface area (Å²) in [5, 5.41) is 0. The van der Waals surface area contributed by atoms with Gasteiger partial charge in [0.05, 0.1) is 0 Å². The molecule has 1 saturated carbocycles. The van der Waals surface area contributed by atoms with Gasteiger partial charge in [-0.3, -0.25) is 4.79 Å². The molecule has 0 bridgehead atoms. The van der Waals surface area contributed by atoms with Crippen LogP contribution in [-0.2, 0) is 11.3 Å². The van der Waals surface area contributed by atoms with Crippen molar-refractivity contribution in [2.75, 3.05) is 7.05 Å². The van der Waals surface area contributed by atoms with Gasteiger partial charge in [-0.25, -0.2) is 0 Å². The largest absolute Gasteiger partial charge is 0.341 e. The molecule has 2 unspecified atom stereocenters. The maximum absolute atomic E-state index is 12.2. The standard InChI is InChI=1S/C14H19BrN2O/c1-17(9-10-3-2-4-12(15)7-10)14(18)11-5-6-13(16)8-11/h2-4,7,11,13H,5-6,8-9,16H2,1H3. The number of carbonyl (C=O) groups excluding carboxylic acids is 1. The van der Waals surface area contributed by atoms with Gasteiger partial charge in [-0.1, -0.05) is 28.1 Å². The van der Waals surface area contributed by atoms with Crippen molar-refractivity contribution in [1.29, 1.82) is 0 Å². The molecular weight excluding hydrogens is 292 g/mol. The van der Waals surface area contributed by atoms with E-state index in [2.05, 4.69) is 15.9 Å². The van der Waals surface area contributed by atoms with Crippen molar-refractivity contribution in [1.82, 2.24) is 4.90 Å². The summed E-state index contributed by atoms with van der Waals surface area (Å²) in [6.45, 7) is 0.657. The first-order valence-corrected chi connectivity index (χ1v) is 7.10. The first-order valence-electron chi connectivity index (χ1n) is 6.31. The van der Waals surface area contributed by atoms with Crippen molar-refractivity contribution in [3.8, 4) is 0 Å². The smallest absolute Gasteiger partial charge is 0.225 e. The maximum atomic E-state index is 12.2. The fraction of sp³-hybridized carbons (Fsp3) is 0.500. The molecule has 3 nitrogen and oxygen atoms in total. The zero-order valence-corrected chi connectivity index (χ0v) is 12.2. The molecule has 1 amide bonds. The van der Waals surface area contributed by atoms with Crippen molar-refractivity contribution >= 4 is 21.8 Å². The molecule has 1 aliphatic rings. The van der Waals surface area contributed by atoms with Gasteiger partial charge in [-0.2, -0.15) is 0 Å². The van der Waals surface area contributed by atoms with Crippen LogP contribution in [0.2, 0.25) is 0 Å². The number of benzene rings is 1. The Morgan fingerprint density at radius 3 is 2.89 bits per heavy atom. The lowest BCUT2D eigenvalue weighted by molar-refractivity contribution is -0.134. The van der Waals surface area contributed by atoms with Crippen molar-refractivity contribution in [2.24, 2.45) is 11.7 Å². The Morgan fingerprint density at radius 2 is 2.28 bits per heavy atom. The summed E-state index contributed by atoms with van der Waals surface area (Å²) in [4.78, 5) is 14.0. The van der Waals surface area contributed by atoms with Gasteiger partial charge in [0.2, 0.25) is 5.91 Å². The van der Waals surface area contributed by atoms with Gasteiger partial charge < -0.3 is 10.6 Å². The Balaban J connectivity index is 1.95. The monoisotopic (exact) mass is 310 g/mol. The number of hydrogen-bond acceptors (Lipinski definition) is 2. The second-order valence-electron chi connectivity index (χ2n) is 5.09. The number of carbonyl (C=O) groups is 1. The summed E-state index contributed by atoms with van der Waals surface area (Å²) in [5.41, 5.74) is 7.00. The first kappa shape index (κ1) is 13.6. The van der Waals surface area contributed by atoms with E-state index in [-0.39, 0.29) is 17.9 Å². The van der Waals surface area contributed by atoms with E-state index in [1.54, 1.807) is 0 Å². The minimum absolute atomic E-state index is 0.122. The quantitative estimate of drug-likeness (QED) is 0.932. The molecule has 0 heterocycles. The first-order chi connectivity index (χ1) is 8.56. The van der Waals surface area contributed by atoms with Crippen LogP contribution in [0.4, 0.5) is 0 Å². The maximum Gasteiger partial charge on any atom is 0.225 e. The lowest BCUT2D eigenvalue weighted by atomic mass is 10.1. The summed E-state index contributed by atoms with van der Waals surface area (Å²) in [7, 11) is 1.87. The van der Waals surface area contributed by atoms with Crippen LogP contribution in [0.1, 0.15) is 24.8 Å². The average molecular weight is 311 g/mol. The minimum atomic E-state index is 0.122. The molecule has 18 heavy (non-hydrogen) atoms. The van der Waals surface area contributed by atoms with Crippen molar-refractivity contribution < 1.29 is 4.79 Å². The van der Waals surface area contributed by atoms with E-state index in [0.29, 0.717) is 6.54 Å². The molecule has 1 fully saturated rings. The lowest BCUT2D eigenvalue weighted by Crippen LogP contribution is -2.32. The highest BCUT2D eigenvalue weighted by Gasteiger charge is 2.29. The third-order valence-corrected chi connectivity index (χ3v) is 4.00. The Hall–Kier alpha value is -0.870. The van der Waals surface area contributed by atoms with Crippen LogP contribution in [0.5, 0.6) is 0 Å². The van der Waals surface area contributed by atoms with Gasteiger partial charge in [-0.05, 0) is 37.0 Å². The van der Waals surface area contributed by atoms with Gasteiger partial charge >= 0.3 is 0 Å². The molecule has 2 N–H and O–H groups in total. The van der Waals surface area contributed by atoms with E-state index < -0.39 is 0 Å². The zero-order valence-electron chi connectivity index (χ0n) is 10.6. The number of amides is 1. The highest BCUT2D eigenvalue weighted by atomic mass is 79.9. The van der Waals surface area contributed by atoms with Gasteiger partial charge in [-0.15, -0.1) is 0 Å². The summed E-state index contributed by atoms with van der Waals surface area (Å²) >= 11 is 3.44. The molecule has 4 heteroatoms. The van der Waals surface area contributed by atoms with E-state index in [4.69, 9.17) is 5.73 Å². The summed E-state index contributed by atoms with van der Waals surface area (Å²) in [5.74, 6) is 0.347. The molecule has 0 aromatic heterocycles. The van der Waals surface area contributed by atoms with Crippen LogP contribution in [-0.4, -0.2) is 23.9 Å². The van der Waals surface area contributed by atoms with Crippen molar-refractivity contribution in [3.63, 3.8) is 0 Å². The summed E-state index contributed by atoms with van der Waals surface area (Å²) in [6, 6.07) is 8.27. The SMILES string of the molecule is CN(Cc1cccc(Br)c1)C(=O)C1CCC(N)C1. The fourth-order valence-electron chi connectivity index (χ4n) is 2.54. The molecular formula is C14H19BrN2O. The predicted molar refractivity (Wildman–Crippen MR) is 75.9 cm³/mol. The van der Waals surface area contributed by atoms with Crippen LogP contribution in [0.25, 0.3) is 0 Å². The Kier molecular flexibility index (Phi) is 4.40. The molecule has 2 atom stereocenters. The number of nitrogens with zero attached hydrogens (tertiary/aromatic N) is 1. The van der Waals surface area contributed by atoms with Crippen LogP contribution < -0.4 is 5.73 Å². The normalized spacial score (nSPS) is 23.1. The number of hydrogen-bond donors (Lipinski definition) is 1. The van der Waals surface area contributed by atoms with Gasteiger partial charge in [0, 0.05) is 30.0 Å². The molecule has 1 aromatic carbocycles. The Bertz CT molecular complexity index is 436. The zero-order chi connectivity index (χ0) is 13.1. The van der Waals surface area contributed by atoms with Gasteiger partial charge in [0.15, 0.2) is 0 Å².